The van der Waals surface area contributed by atoms with Gasteiger partial charge < -0.3 is 0 Å². The molecule has 0 fully saturated rings. The topological polar surface area (TPSA) is 0 Å². The van der Waals surface area contributed by atoms with Gasteiger partial charge in [0.15, 0.2) is 0 Å². The van der Waals surface area contributed by atoms with Gasteiger partial charge in [-0.15, -0.1) is 0 Å². The molecule has 1 aromatic rings. The molecule has 0 bridgehead atoms. The maximum atomic E-state index is 3.41. The molecule has 19 heavy (non-hydrogen) atoms. The Balaban J connectivity index is 3.00. The summed E-state index contributed by atoms with van der Waals surface area (Å²) in [5.74, 6) is 13.7. The molecule has 1 aromatic carbocycles. The first-order valence-corrected chi connectivity index (χ1v) is 7.05. The van der Waals surface area contributed by atoms with E-state index < -0.39 is 0 Å². The van der Waals surface area contributed by atoms with Gasteiger partial charge in [-0.05, 0) is 38.3 Å². The molecule has 0 amide bonds. The van der Waals surface area contributed by atoms with E-state index in [-0.39, 0.29) is 5.41 Å². The van der Waals surface area contributed by atoms with Crippen molar-refractivity contribution in [3.8, 4) is 23.7 Å². The number of hydrogen-bond donors (Lipinski definition) is 0. The third-order valence-corrected chi connectivity index (χ3v) is 2.78. The first-order chi connectivity index (χ1) is 8.94. The smallest absolute Gasteiger partial charge is 0.0402 e. The van der Waals surface area contributed by atoms with Crippen molar-refractivity contribution in [2.75, 3.05) is 0 Å². The highest BCUT2D eigenvalue weighted by molar-refractivity contribution is 5.50. The van der Waals surface area contributed by atoms with Crippen LogP contribution in [0.1, 0.15) is 58.6 Å². The second-order valence-electron chi connectivity index (χ2n) is 5.93. The number of benzene rings is 1. The monoisotopic (exact) mass is 252 g/mol. The average Bonchev–Trinajstić information content (AvgIpc) is 2.33. The van der Waals surface area contributed by atoms with Gasteiger partial charge in [-0.3, -0.25) is 0 Å². The summed E-state index contributed by atoms with van der Waals surface area (Å²) in [6.45, 7) is 11.0. The van der Waals surface area contributed by atoms with Gasteiger partial charge in [-0.2, -0.15) is 0 Å². The summed E-state index contributed by atoms with van der Waals surface area (Å²) < 4.78 is 0. The molecule has 0 heterocycles. The van der Waals surface area contributed by atoms with E-state index in [0.717, 1.165) is 24.0 Å². The molecule has 0 N–H and O–H groups in total. The molecule has 1 rings (SSSR count). The summed E-state index contributed by atoms with van der Waals surface area (Å²) in [6.07, 6.45) is 1.99. The molecule has 0 saturated carbocycles. The molecule has 0 spiro atoms. The molecular formula is C19H24. The fourth-order valence-corrected chi connectivity index (χ4v) is 2.19. The van der Waals surface area contributed by atoms with Crippen molar-refractivity contribution < 1.29 is 0 Å². The van der Waals surface area contributed by atoms with E-state index in [2.05, 4.69) is 64.4 Å². The molecule has 0 saturated heterocycles. The van der Waals surface area contributed by atoms with Crippen LogP contribution in [0.5, 0.6) is 0 Å². The van der Waals surface area contributed by atoms with Crippen LogP contribution < -0.4 is 0 Å². The highest BCUT2D eigenvalue weighted by Crippen LogP contribution is 2.24. The third-order valence-electron chi connectivity index (χ3n) is 2.78. The highest BCUT2D eigenvalue weighted by Gasteiger charge is 2.15. The fourth-order valence-electron chi connectivity index (χ4n) is 2.19. The van der Waals surface area contributed by atoms with Gasteiger partial charge in [0.05, 0.1) is 0 Å². The van der Waals surface area contributed by atoms with Crippen molar-refractivity contribution in [3.05, 3.63) is 35.4 Å². The number of hydrogen-bond acceptors (Lipinski definition) is 0. The minimum absolute atomic E-state index is 0.0550. The van der Waals surface area contributed by atoms with Crippen LogP contribution in [0.3, 0.4) is 0 Å². The zero-order valence-corrected chi connectivity index (χ0v) is 12.8. The Kier molecular flexibility index (Phi) is 5.72. The Bertz CT molecular complexity index is 524. The van der Waals surface area contributed by atoms with E-state index in [0.29, 0.717) is 5.92 Å². The molecule has 0 aliphatic heterocycles. The van der Waals surface area contributed by atoms with Crippen molar-refractivity contribution in [2.24, 2.45) is 11.3 Å². The lowest BCUT2D eigenvalue weighted by Crippen LogP contribution is -2.11. The van der Waals surface area contributed by atoms with Crippen LogP contribution in [0.25, 0.3) is 0 Å². The highest BCUT2D eigenvalue weighted by atomic mass is 14.2. The molecule has 0 nitrogen and oxygen atoms in total. The molecule has 0 radical (unpaired) electrons. The van der Waals surface area contributed by atoms with E-state index >= 15 is 0 Å². The largest absolute Gasteiger partial charge is 0.0981 e. The second-order valence-corrected chi connectivity index (χ2v) is 5.93. The maximum absolute atomic E-state index is 3.41. The van der Waals surface area contributed by atoms with Crippen LogP contribution in [0.15, 0.2) is 24.3 Å². The Morgan fingerprint density at radius 1 is 1.05 bits per heavy atom. The average molecular weight is 252 g/mol. The second kappa shape index (κ2) is 7.06. The van der Waals surface area contributed by atoms with E-state index in [1.54, 1.807) is 0 Å². The van der Waals surface area contributed by atoms with Crippen molar-refractivity contribution in [1.82, 2.24) is 0 Å². The Morgan fingerprint density at radius 3 is 2.16 bits per heavy atom. The van der Waals surface area contributed by atoms with Gasteiger partial charge in [-0.1, -0.05) is 56.6 Å². The lowest BCUT2D eigenvalue weighted by Gasteiger charge is -2.19. The Hall–Kier alpha value is -1.66. The third kappa shape index (κ3) is 5.67. The minimum Gasteiger partial charge on any atom is -0.0981 e. The van der Waals surface area contributed by atoms with E-state index in [1.807, 2.05) is 18.2 Å². The molecule has 0 atom stereocenters. The predicted molar refractivity (Wildman–Crippen MR) is 83.7 cm³/mol. The predicted octanol–water partition coefficient (Wildman–Crippen LogP) is 4.87. The molecule has 0 heteroatoms. The lowest BCUT2D eigenvalue weighted by atomic mass is 9.84. The van der Waals surface area contributed by atoms with Gasteiger partial charge in [-0.25, -0.2) is 0 Å². The summed E-state index contributed by atoms with van der Waals surface area (Å²) in [5, 5.41) is 0. The summed E-state index contributed by atoms with van der Waals surface area (Å²) in [6, 6.07) is 8.14. The zero-order valence-electron chi connectivity index (χ0n) is 12.8. The Morgan fingerprint density at radius 2 is 1.63 bits per heavy atom. The van der Waals surface area contributed by atoms with Crippen molar-refractivity contribution in [2.45, 2.75) is 47.5 Å². The molecule has 100 valence electrons. The van der Waals surface area contributed by atoms with Crippen molar-refractivity contribution in [1.29, 1.82) is 0 Å². The summed E-state index contributed by atoms with van der Waals surface area (Å²) in [4.78, 5) is 0. The van der Waals surface area contributed by atoms with Crippen LogP contribution in [0.2, 0.25) is 0 Å². The van der Waals surface area contributed by atoms with Gasteiger partial charge in [0.25, 0.3) is 0 Å². The van der Waals surface area contributed by atoms with Gasteiger partial charge in [0.2, 0.25) is 0 Å². The van der Waals surface area contributed by atoms with Crippen LogP contribution in [0.4, 0.5) is 0 Å². The molecule has 0 aromatic heterocycles. The van der Waals surface area contributed by atoms with Crippen molar-refractivity contribution in [3.63, 3.8) is 0 Å². The first kappa shape index (κ1) is 15.4. The van der Waals surface area contributed by atoms with Crippen LogP contribution >= 0.6 is 0 Å². The van der Waals surface area contributed by atoms with Crippen LogP contribution in [0, 0.1) is 35.0 Å². The van der Waals surface area contributed by atoms with Crippen LogP contribution in [-0.4, -0.2) is 0 Å². The van der Waals surface area contributed by atoms with E-state index in [9.17, 15) is 0 Å². The van der Waals surface area contributed by atoms with Gasteiger partial charge in [0, 0.05) is 23.0 Å². The molecular weight excluding hydrogens is 228 g/mol. The molecule has 0 aliphatic rings. The van der Waals surface area contributed by atoms with Crippen molar-refractivity contribution >= 4 is 0 Å². The molecule has 0 unspecified atom stereocenters. The van der Waals surface area contributed by atoms with E-state index in [4.69, 9.17) is 0 Å². The zero-order chi connectivity index (χ0) is 14.3. The SMILES string of the molecule is CCC#Cc1ccccc1C#CC(C)(C)CC(C)C. The van der Waals surface area contributed by atoms with E-state index in [1.165, 1.54) is 0 Å². The quantitative estimate of drug-likeness (QED) is 0.659. The van der Waals surface area contributed by atoms with Gasteiger partial charge in [0.1, 0.15) is 0 Å². The molecule has 0 aliphatic carbocycles. The standard InChI is InChI=1S/C19H24/c1-6-7-10-17-11-8-9-12-18(17)13-14-19(4,5)15-16(2)3/h8-9,11-12,16H,6,15H2,1-5H3. The lowest BCUT2D eigenvalue weighted by molar-refractivity contribution is 0.381. The maximum Gasteiger partial charge on any atom is 0.0402 e. The van der Waals surface area contributed by atoms with Gasteiger partial charge >= 0.3 is 0 Å². The fraction of sp³-hybridized carbons (Fsp3) is 0.474. The Labute approximate surface area is 118 Å². The normalized spacial score (nSPS) is 10.4. The summed E-state index contributed by atoms with van der Waals surface area (Å²) in [5.41, 5.74) is 2.14. The first-order valence-electron chi connectivity index (χ1n) is 7.05. The summed E-state index contributed by atoms with van der Waals surface area (Å²) in [7, 11) is 0. The summed E-state index contributed by atoms with van der Waals surface area (Å²) >= 11 is 0. The van der Waals surface area contributed by atoms with Crippen LogP contribution in [-0.2, 0) is 0 Å². The minimum atomic E-state index is 0.0550. The number of rotatable bonds is 2.